The first-order valence-electron chi connectivity index (χ1n) is 9.64. The molecule has 5 nitrogen and oxygen atoms in total. The first kappa shape index (κ1) is 16.9. The normalized spacial score (nSPS) is 24.6. The fraction of sp³-hybridized carbons (Fsp3) is 0.650. The van der Waals surface area contributed by atoms with Gasteiger partial charge in [0.05, 0.1) is 19.3 Å². The van der Waals surface area contributed by atoms with Crippen LogP contribution in [0.15, 0.2) is 30.3 Å². The molecule has 2 saturated heterocycles. The Bertz CT molecular complexity index is 570. The van der Waals surface area contributed by atoms with Gasteiger partial charge in [-0.3, -0.25) is 0 Å². The van der Waals surface area contributed by atoms with Crippen molar-refractivity contribution in [3.8, 4) is 0 Å². The number of likely N-dealkylation sites (tertiary alicyclic amines) is 1. The van der Waals surface area contributed by atoms with Gasteiger partial charge in [-0.2, -0.15) is 0 Å². The molecule has 1 spiro atoms. The lowest BCUT2D eigenvalue weighted by Gasteiger charge is -2.38. The molecule has 2 aliphatic heterocycles. The number of ether oxygens (including phenoxy) is 2. The third-order valence-corrected chi connectivity index (χ3v) is 5.93. The van der Waals surface area contributed by atoms with Crippen LogP contribution in [0.1, 0.15) is 50.1 Å². The molecule has 5 heteroatoms. The van der Waals surface area contributed by atoms with Crippen molar-refractivity contribution in [1.29, 1.82) is 0 Å². The summed E-state index contributed by atoms with van der Waals surface area (Å²) in [5.74, 6) is 0.116. The molecule has 2 heterocycles. The minimum atomic E-state index is -0.430. The van der Waals surface area contributed by atoms with Gasteiger partial charge in [0.25, 0.3) is 0 Å². The van der Waals surface area contributed by atoms with E-state index in [0.717, 1.165) is 12.8 Å². The number of amides is 2. The minimum Gasteiger partial charge on any atom is -0.347 e. The van der Waals surface area contributed by atoms with E-state index in [-0.39, 0.29) is 12.1 Å². The van der Waals surface area contributed by atoms with Crippen LogP contribution < -0.4 is 5.32 Å². The van der Waals surface area contributed by atoms with Gasteiger partial charge in [-0.05, 0) is 24.3 Å². The van der Waals surface area contributed by atoms with E-state index in [4.69, 9.17) is 9.47 Å². The minimum absolute atomic E-state index is 0.0496. The summed E-state index contributed by atoms with van der Waals surface area (Å²) < 4.78 is 11.5. The van der Waals surface area contributed by atoms with Crippen molar-refractivity contribution >= 4 is 6.03 Å². The van der Waals surface area contributed by atoms with Crippen molar-refractivity contribution in [2.75, 3.05) is 26.3 Å². The van der Waals surface area contributed by atoms with Crippen molar-refractivity contribution in [1.82, 2.24) is 10.2 Å². The highest BCUT2D eigenvalue weighted by atomic mass is 16.7. The van der Waals surface area contributed by atoms with Crippen LogP contribution in [0, 0.1) is 5.92 Å². The zero-order chi connectivity index (χ0) is 17.1. The van der Waals surface area contributed by atoms with E-state index in [2.05, 4.69) is 29.6 Å². The Hall–Kier alpha value is -1.59. The van der Waals surface area contributed by atoms with Gasteiger partial charge in [0.15, 0.2) is 5.79 Å². The lowest BCUT2D eigenvalue weighted by atomic mass is 9.91. The summed E-state index contributed by atoms with van der Waals surface area (Å²) in [6.45, 7) is 2.73. The maximum atomic E-state index is 12.9. The number of benzene rings is 1. The number of piperidine rings is 1. The highest BCUT2D eigenvalue weighted by Gasteiger charge is 2.41. The van der Waals surface area contributed by atoms with Gasteiger partial charge in [0.1, 0.15) is 0 Å². The summed E-state index contributed by atoms with van der Waals surface area (Å²) in [7, 11) is 0. The quantitative estimate of drug-likeness (QED) is 0.913. The molecule has 1 N–H and O–H groups in total. The Labute approximate surface area is 149 Å². The van der Waals surface area contributed by atoms with Gasteiger partial charge >= 0.3 is 6.03 Å². The number of hydrogen-bond acceptors (Lipinski definition) is 3. The molecule has 0 bridgehead atoms. The SMILES string of the molecule is O=C(NC(c1ccccc1)C1CCCC1)N1CCC2(CC1)OCCO2. The van der Waals surface area contributed by atoms with E-state index in [1.165, 1.54) is 31.2 Å². The predicted octanol–water partition coefficient (Wildman–Crippen LogP) is 3.47. The van der Waals surface area contributed by atoms with Crippen LogP contribution in [0.3, 0.4) is 0 Å². The second-order valence-electron chi connectivity index (χ2n) is 7.48. The summed E-state index contributed by atoms with van der Waals surface area (Å²) in [6.07, 6.45) is 6.46. The summed E-state index contributed by atoms with van der Waals surface area (Å²) in [5, 5.41) is 3.33. The van der Waals surface area contributed by atoms with Gasteiger partial charge in [0, 0.05) is 25.9 Å². The van der Waals surface area contributed by atoms with Crippen LogP contribution in [0.5, 0.6) is 0 Å². The number of nitrogens with zero attached hydrogens (tertiary/aromatic N) is 1. The maximum Gasteiger partial charge on any atom is 0.317 e. The van der Waals surface area contributed by atoms with Crippen LogP contribution in [0.4, 0.5) is 4.79 Å². The number of rotatable bonds is 3. The molecular formula is C20H28N2O3. The monoisotopic (exact) mass is 344 g/mol. The first-order chi connectivity index (χ1) is 12.3. The van der Waals surface area contributed by atoms with Crippen molar-refractivity contribution in [3.63, 3.8) is 0 Å². The summed E-state index contributed by atoms with van der Waals surface area (Å²) in [4.78, 5) is 14.8. The average Bonchev–Trinajstić information content (AvgIpc) is 3.33. The second-order valence-corrected chi connectivity index (χ2v) is 7.48. The largest absolute Gasteiger partial charge is 0.347 e. The predicted molar refractivity (Wildman–Crippen MR) is 95.1 cm³/mol. The Balaban J connectivity index is 1.40. The molecule has 3 aliphatic rings. The fourth-order valence-corrected chi connectivity index (χ4v) is 4.48. The van der Waals surface area contributed by atoms with Gasteiger partial charge < -0.3 is 19.7 Å². The van der Waals surface area contributed by atoms with Crippen LogP contribution in [0.2, 0.25) is 0 Å². The fourth-order valence-electron chi connectivity index (χ4n) is 4.48. The Morgan fingerprint density at radius 3 is 2.36 bits per heavy atom. The molecule has 136 valence electrons. The molecule has 4 rings (SSSR count). The topological polar surface area (TPSA) is 50.8 Å². The van der Waals surface area contributed by atoms with Crippen molar-refractivity contribution in [3.05, 3.63) is 35.9 Å². The number of hydrogen-bond donors (Lipinski definition) is 1. The number of urea groups is 1. The second kappa shape index (κ2) is 7.34. The molecule has 0 radical (unpaired) electrons. The molecule has 1 aromatic carbocycles. The number of carbonyl (C=O) groups is 1. The highest BCUT2D eigenvalue weighted by molar-refractivity contribution is 5.75. The van der Waals surface area contributed by atoms with Crippen LogP contribution in [0.25, 0.3) is 0 Å². The van der Waals surface area contributed by atoms with Crippen molar-refractivity contribution in [2.45, 2.75) is 50.4 Å². The zero-order valence-electron chi connectivity index (χ0n) is 14.8. The maximum absolute atomic E-state index is 12.9. The van der Waals surface area contributed by atoms with Gasteiger partial charge in [0.2, 0.25) is 0 Å². The summed E-state index contributed by atoms with van der Waals surface area (Å²) in [6, 6.07) is 10.6. The Kier molecular flexibility index (Phi) is 4.95. The average molecular weight is 344 g/mol. The van der Waals surface area contributed by atoms with E-state index in [0.29, 0.717) is 32.2 Å². The van der Waals surface area contributed by atoms with E-state index >= 15 is 0 Å². The first-order valence-corrected chi connectivity index (χ1v) is 9.64. The van der Waals surface area contributed by atoms with E-state index in [1.807, 2.05) is 11.0 Å². The van der Waals surface area contributed by atoms with Crippen molar-refractivity contribution < 1.29 is 14.3 Å². The van der Waals surface area contributed by atoms with Gasteiger partial charge in [-0.15, -0.1) is 0 Å². The molecule has 1 aromatic rings. The zero-order valence-corrected chi connectivity index (χ0v) is 14.8. The smallest absolute Gasteiger partial charge is 0.317 e. The van der Waals surface area contributed by atoms with Crippen LogP contribution in [-0.4, -0.2) is 43.0 Å². The third kappa shape index (κ3) is 3.67. The Morgan fingerprint density at radius 1 is 1.08 bits per heavy atom. The summed E-state index contributed by atoms with van der Waals surface area (Å²) in [5.41, 5.74) is 1.22. The molecular weight excluding hydrogens is 316 g/mol. The standard InChI is InChI=1S/C20H28N2O3/c23-19(22-12-10-20(11-13-22)24-14-15-25-20)21-18(17-8-4-5-9-17)16-6-2-1-3-7-16/h1-3,6-7,17-18H,4-5,8-15H2,(H,21,23). The van der Waals surface area contributed by atoms with Crippen molar-refractivity contribution in [2.24, 2.45) is 5.92 Å². The molecule has 3 fully saturated rings. The molecule has 1 saturated carbocycles. The summed E-state index contributed by atoms with van der Waals surface area (Å²) >= 11 is 0. The lowest BCUT2D eigenvalue weighted by Crippen LogP contribution is -2.51. The molecule has 1 aliphatic carbocycles. The lowest BCUT2D eigenvalue weighted by molar-refractivity contribution is -0.181. The molecule has 2 amide bonds. The number of nitrogens with one attached hydrogen (secondary N) is 1. The van der Waals surface area contributed by atoms with Gasteiger partial charge in [-0.25, -0.2) is 4.79 Å². The Morgan fingerprint density at radius 2 is 1.72 bits per heavy atom. The van der Waals surface area contributed by atoms with E-state index < -0.39 is 5.79 Å². The number of carbonyl (C=O) groups excluding carboxylic acids is 1. The molecule has 0 aromatic heterocycles. The third-order valence-electron chi connectivity index (χ3n) is 5.93. The molecule has 25 heavy (non-hydrogen) atoms. The van der Waals surface area contributed by atoms with E-state index in [1.54, 1.807) is 0 Å². The van der Waals surface area contributed by atoms with Crippen LogP contribution in [-0.2, 0) is 9.47 Å². The van der Waals surface area contributed by atoms with Crippen LogP contribution >= 0.6 is 0 Å². The van der Waals surface area contributed by atoms with E-state index in [9.17, 15) is 4.79 Å². The molecule has 1 atom stereocenters. The van der Waals surface area contributed by atoms with Gasteiger partial charge in [-0.1, -0.05) is 43.2 Å². The molecule has 1 unspecified atom stereocenters. The highest BCUT2D eigenvalue weighted by Crippen LogP contribution is 2.36.